The average molecular weight is 351 g/mol. The molecule has 0 spiro atoms. The van der Waals surface area contributed by atoms with Gasteiger partial charge in [0.05, 0.1) is 0 Å². The third-order valence-corrected chi connectivity index (χ3v) is 4.95. The summed E-state index contributed by atoms with van der Waals surface area (Å²) in [6.07, 6.45) is 11.2. The van der Waals surface area contributed by atoms with Crippen molar-refractivity contribution in [2.45, 2.75) is 56.9 Å². The van der Waals surface area contributed by atoms with Crippen LogP contribution in [0.2, 0.25) is 0 Å². The summed E-state index contributed by atoms with van der Waals surface area (Å²) in [5, 5.41) is 0. The number of piperidine rings is 1. The van der Waals surface area contributed by atoms with Gasteiger partial charge in [-0.3, -0.25) is 4.90 Å². The Balaban J connectivity index is 0.00000133. The fourth-order valence-corrected chi connectivity index (χ4v) is 3.99. The van der Waals surface area contributed by atoms with Crippen molar-refractivity contribution in [1.29, 1.82) is 0 Å². The van der Waals surface area contributed by atoms with E-state index in [4.69, 9.17) is 0 Å². The Morgan fingerprint density at radius 3 is 1.95 bits per heavy atom. The number of hydrogen-bond acceptors (Lipinski definition) is 1. The number of hydrogen-bond donors (Lipinski definition) is 0. The molecule has 1 radical (unpaired) electrons. The molecule has 2 aliphatic rings. The molecular formula is C17H25AgN. The fourth-order valence-electron chi connectivity index (χ4n) is 3.99. The first-order valence-electron chi connectivity index (χ1n) is 7.72. The molecule has 0 unspecified atom stereocenters. The van der Waals surface area contributed by atoms with E-state index >= 15 is 0 Å². The number of rotatable bonds is 2. The van der Waals surface area contributed by atoms with E-state index in [2.05, 4.69) is 35.2 Å². The van der Waals surface area contributed by atoms with Gasteiger partial charge in [0, 0.05) is 27.9 Å². The van der Waals surface area contributed by atoms with Gasteiger partial charge in [-0.2, -0.15) is 0 Å². The first-order chi connectivity index (χ1) is 8.92. The molecule has 1 aliphatic heterocycles. The van der Waals surface area contributed by atoms with E-state index in [1.54, 1.807) is 5.56 Å². The van der Waals surface area contributed by atoms with Crippen LogP contribution in [0.4, 0.5) is 0 Å². The molecule has 1 aliphatic carbocycles. The van der Waals surface area contributed by atoms with Gasteiger partial charge in [-0.15, -0.1) is 0 Å². The van der Waals surface area contributed by atoms with Crippen molar-refractivity contribution in [1.82, 2.24) is 4.90 Å². The minimum absolute atomic E-state index is 0. The Hall–Kier alpha value is -0.0797. The van der Waals surface area contributed by atoms with Crippen molar-refractivity contribution in [2.24, 2.45) is 0 Å². The smallest absolute Gasteiger partial charge is 0.0460 e. The minimum atomic E-state index is 0. The van der Waals surface area contributed by atoms with Crippen molar-refractivity contribution in [2.75, 3.05) is 13.1 Å². The molecule has 0 amide bonds. The predicted molar refractivity (Wildman–Crippen MR) is 76.6 cm³/mol. The molecule has 1 saturated carbocycles. The van der Waals surface area contributed by atoms with E-state index < -0.39 is 0 Å². The van der Waals surface area contributed by atoms with Gasteiger partial charge in [0.2, 0.25) is 0 Å². The molecule has 19 heavy (non-hydrogen) atoms. The first-order valence-corrected chi connectivity index (χ1v) is 7.72. The van der Waals surface area contributed by atoms with Crippen LogP contribution in [0.5, 0.6) is 0 Å². The Bertz CT molecular complexity index is 364. The summed E-state index contributed by atoms with van der Waals surface area (Å²) in [4.78, 5) is 2.81. The van der Waals surface area contributed by atoms with Crippen molar-refractivity contribution in [3.63, 3.8) is 0 Å². The first kappa shape index (κ1) is 15.3. The van der Waals surface area contributed by atoms with Gasteiger partial charge in [0.15, 0.2) is 0 Å². The third-order valence-electron chi connectivity index (χ3n) is 4.95. The second-order valence-corrected chi connectivity index (χ2v) is 6.01. The molecule has 2 heteroatoms. The van der Waals surface area contributed by atoms with Crippen molar-refractivity contribution < 1.29 is 22.4 Å². The van der Waals surface area contributed by atoms with E-state index in [0.717, 1.165) is 0 Å². The zero-order valence-electron chi connectivity index (χ0n) is 11.7. The molecule has 109 valence electrons. The Kier molecular flexibility index (Phi) is 5.71. The molecular weight excluding hydrogens is 326 g/mol. The van der Waals surface area contributed by atoms with Crippen LogP contribution < -0.4 is 0 Å². The summed E-state index contributed by atoms with van der Waals surface area (Å²) in [6, 6.07) is 11.3. The summed E-state index contributed by atoms with van der Waals surface area (Å²) in [6.45, 7) is 2.63. The van der Waals surface area contributed by atoms with E-state index in [-0.39, 0.29) is 22.4 Å². The second-order valence-electron chi connectivity index (χ2n) is 6.01. The normalized spacial score (nSPS) is 23.6. The van der Waals surface area contributed by atoms with Crippen LogP contribution in [0.1, 0.15) is 56.9 Å². The van der Waals surface area contributed by atoms with Gasteiger partial charge in [-0.1, -0.05) is 56.0 Å². The molecule has 2 fully saturated rings. The standard InChI is InChI=1S/C17H25N.Ag/c1-4-10-16(11-5-1)17(12-6-2-7-13-17)18-14-8-3-9-15-18;/h1,4-5,10-11H,2-3,6-9,12-15H2;. The molecule has 3 rings (SSSR count). The summed E-state index contributed by atoms with van der Waals surface area (Å²) in [5.74, 6) is 0. The van der Waals surface area contributed by atoms with Crippen molar-refractivity contribution >= 4 is 0 Å². The van der Waals surface area contributed by atoms with E-state index in [9.17, 15) is 0 Å². The Morgan fingerprint density at radius 2 is 1.32 bits per heavy atom. The summed E-state index contributed by atoms with van der Waals surface area (Å²) >= 11 is 0. The van der Waals surface area contributed by atoms with Crippen LogP contribution in [0.3, 0.4) is 0 Å². The van der Waals surface area contributed by atoms with Crippen LogP contribution in [0.25, 0.3) is 0 Å². The summed E-state index contributed by atoms with van der Waals surface area (Å²) in [7, 11) is 0. The van der Waals surface area contributed by atoms with Crippen LogP contribution in [0.15, 0.2) is 30.3 Å². The van der Waals surface area contributed by atoms with Gasteiger partial charge in [-0.25, -0.2) is 0 Å². The third kappa shape index (κ3) is 3.16. The zero-order chi connectivity index (χ0) is 12.3. The SMILES string of the molecule is [Ag].c1ccc(C2(N3CCCCC3)CCCCC2)cc1. The molecule has 1 aromatic rings. The zero-order valence-corrected chi connectivity index (χ0v) is 13.2. The van der Waals surface area contributed by atoms with Gasteiger partial charge in [-0.05, 0) is 44.3 Å². The van der Waals surface area contributed by atoms with E-state index in [0.29, 0.717) is 5.54 Å². The molecule has 0 bridgehead atoms. The maximum atomic E-state index is 2.81. The average Bonchev–Trinajstić information content (AvgIpc) is 2.50. The number of nitrogens with zero attached hydrogens (tertiary/aromatic N) is 1. The van der Waals surface area contributed by atoms with Crippen molar-refractivity contribution in [3.8, 4) is 0 Å². The van der Waals surface area contributed by atoms with Gasteiger partial charge in [0.1, 0.15) is 0 Å². The summed E-state index contributed by atoms with van der Waals surface area (Å²) in [5.41, 5.74) is 1.95. The molecule has 1 heterocycles. The molecule has 1 nitrogen and oxygen atoms in total. The molecule has 0 atom stereocenters. The largest absolute Gasteiger partial charge is 0.294 e. The van der Waals surface area contributed by atoms with Crippen molar-refractivity contribution in [3.05, 3.63) is 35.9 Å². The molecule has 1 saturated heterocycles. The van der Waals surface area contributed by atoms with Gasteiger partial charge < -0.3 is 0 Å². The Morgan fingerprint density at radius 1 is 0.737 bits per heavy atom. The van der Waals surface area contributed by atoms with Gasteiger partial charge in [0.25, 0.3) is 0 Å². The predicted octanol–water partition coefficient (Wildman–Crippen LogP) is 4.33. The maximum Gasteiger partial charge on any atom is 0.0460 e. The van der Waals surface area contributed by atoms with E-state index in [1.807, 2.05) is 0 Å². The fraction of sp³-hybridized carbons (Fsp3) is 0.647. The topological polar surface area (TPSA) is 3.24 Å². The summed E-state index contributed by atoms with van der Waals surface area (Å²) < 4.78 is 0. The monoisotopic (exact) mass is 350 g/mol. The molecule has 0 aromatic heterocycles. The molecule has 0 N–H and O–H groups in total. The minimum Gasteiger partial charge on any atom is -0.294 e. The van der Waals surface area contributed by atoms with Crippen LogP contribution in [0, 0.1) is 0 Å². The van der Waals surface area contributed by atoms with Crippen LogP contribution in [-0.2, 0) is 27.9 Å². The van der Waals surface area contributed by atoms with E-state index in [1.165, 1.54) is 64.5 Å². The number of benzene rings is 1. The Labute approximate surface area is 133 Å². The second kappa shape index (κ2) is 7.08. The molecule has 1 aromatic carbocycles. The van der Waals surface area contributed by atoms with Gasteiger partial charge >= 0.3 is 0 Å². The quantitative estimate of drug-likeness (QED) is 0.717. The van der Waals surface area contributed by atoms with Crippen LogP contribution in [-0.4, -0.2) is 18.0 Å². The van der Waals surface area contributed by atoms with Crippen LogP contribution >= 0.6 is 0 Å². The number of likely N-dealkylation sites (tertiary alicyclic amines) is 1. The maximum absolute atomic E-state index is 2.81.